The van der Waals surface area contributed by atoms with Crippen molar-refractivity contribution in [2.24, 2.45) is 0 Å². The van der Waals surface area contributed by atoms with Gasteiger partial charge in [-0.2, -0.15) is 0 Å². The molecular weight excluding hydrogens is 302 g/mol. The summed E-state index contributed by atoms with van der Waals surface area (Å²) in [5, 5.41) is 2.65. The Hall–Kier alpha value is -3.54. The molecule has 0 aliphatic rings. The average Bonchev–Trinajstić information content (AvgIpc) is 3.05. The second-order valence-electron chi connectivity index (χ2n) is 5.17. The summed E-state index contributed by atoms with van der Waals surface area (Å²) in [5.41, 5.74) is 4.30. The molecule has 1 amide bonds. The topological polar surface area (TPSA) is 72.2 Å². The minimum atomic E-state index is 0.616. The van der Waals surface area contributed by atoms with Crippen LogP contribution < -0.4 is 5.32 Å². The third kappa shape index (κ3) is 2.40. The Balaban J connectivity index is 1.89. The first-order valence-electron chi connectivity index (χ1n) is 7.41. The first-order chi connectivity index (χ1) is 11.9. The van der Waals surface area contributed by atoms with Gasteiger partial charge in [-0.3, -0.25) is 19.2 Å². The lowest BCUT2D eigenvalue weighted by molar-refractivity contribution is -0.105. The zero-order valence-corrected chi connectivity index (χ0v) is 12.6. The summed E-state index contributed by atoms with van der Waals surface area (Å²) in [6.07, 6.45) is 7.69. The summed E-state index contributed by atoms with van der Waals surface area (Å²) in [5.74, 6) is 0.616. The van der Waals surface area contributed by atoms with E-state index in [1.807, 2.05) is 53.1 Å². The highest BCUT2D eigenvalue weighted by molar-refractivity contribution is 5.80. The third-order valence-electron chi connectivity index (χ3n) is 3.74. The molecule has 0 aromatic carbocycles. The van der Waals surface area contributed by atoms with Crippen LogP contribution in [0, 0.1) is 0 Å². The highest BCUT2D eigenvalue weighted by atomic mass is 16.1. The van der Waals surface area contributed by atoms with E-state index in [1.54, 1.807) is 18.6 Å². The molecule has 4 aromatic rings. The monoisotopic (exact) mass is 315 g/mol. The van der Waals surface area contributed by atoms with Crippen LogP contribution in [-0.4, -0.2) is 25.8 Å². The maximum Gasteiger partial charge on any atom is 0.212 e. The molecule has 0 aliphatic heterocycles. The predicted octanol–water partition coefficient (Wildman–Crippen LogP) is 3.03. The minimum absolute atomic E-state index is 0.616. The quantitative estimate of drug-likeness (QED) is 0.588. The first-order valence-corrected chi connectivity index (χ1v) is 7.41. The fourth-order valence-electron chi connectivity index (χ4n) is 2.65. The van der Waals surface area contributed by atoms with E-state index < -0.39 is 0 Å². The van der Waals surface area contributed by atoms with Crippen LogP contribution in [0.3, 0.4) is 0 Å². The number of carbonyl (C=O) groups is 1. The van der Waals surface area contributed by atoms with Crippen molar-refractivity contribution in [1.82, 2.24) is 19.4 Å². The molecule has 0 saturated carbocycles. The number of hydrogen-bond donors (Lipinski definition) is 1. The summed E-state index contributed by atoms with van der Waals surface area (Å²) >= 11 is 0. The molecule has 6 heteroatoms. The van der Waals surface area contributed by atoms with Gasteiger partial charge in [0.25, 0.3) is 0 Å². The van der Waals surface area contributed by atoms with Crippen molar-refractivity contribution in [3.63, 3.8) is 0 Å². The van der Waals surface area contributed by atoms with Crippen LogP contribution in [0.5, 0.6) is 0 Å². The lowest BCUT2D eigenvalue weighted by Crippen LogP contribution is -1.98. The number of amides is 1. The van der Waals surface area contributed by atoms with Gasteiger partial charge < -0.3 is 5.32 Å². The molecular formula is C18H13N5O. The molecule has 0 saturated heterocycles. The van der Waals surface area contributed by atoms with E-state index >= 15 is 0 Å². The Kier molecular flexibility index (Phi) is 3.47. The molecule has 24 heavy (non-hydrogen) atoms. The number of nitrogens with one attached hydrogen (secondary N) is 1. The zero-order valence-electron chi connectivity index (χ0n) is 12.6. The van der Waals surface area contributed by atoms with Crippen LogP contribution in [-0.2, 0) is 4.79 Å². The van der Waals surface area contributed by atoms with Crippen molar-refractivity contribution in [2.75, 3.05) is 5.32 Å². The van der Waals surface area contributed by atoms with E-state index in [0.717, 1.165) is 28.2 Å². The summed E-state index contributed by atoms with van der Waals surface area (Å²) in [6, 6.07) is 13.5. The van der Waals surface area contributed by atoms with E-state index in [1.165, 1.54) is 0 Å². The highest BCUT2D eigenvalue weighted by Crippen LogP contribution is 2.29. The molecule has 116 valence electrons. The average molecular weight is 315 g/mol. The van der Waals surface area contributed by atoms with Crippen molar-refractivity contribution >= 4 is 17.9 Å². The molecule has 1 N–H and O–H groups in total. The number of pyridine rings is 3. The molecule has 0 unspecified atom stereocenters. The van der Waals surface area contributed by atoms with Gasteiger partial charge in [-0.25, -0.2) is 4.98 Å². The van der Waals surface area contributed by atoms with E-state index in [9.17, 15) is 4.79 Å². The molecule has 0 bridgehead atoms. The lowest BCUT2D eigenvalue weighted by Gasteiger charge is -2.09. The largest absolute Gasteiger partial charge is 0.313 e. The smallest absolute Gasteiger partial charge is 0.212 e. The normalized spacial score (nSPS) is 10.7. The number of nitrogens with zero attached hydrogens (tertiary/aromatic N) is 4. The van der Waals surface area contributed by atoms with E-state index in [2.05, 4.69) is 20.3 Å². The van der Waals surface area contributed by atoms with Crippen molar-refractivity contribution in [3.05, 3.63) is 67.3 Å². The molecule has 0 aliphatic carbocycles. The number of hydrogen-bond acceptors (Lipinski definition) is 4. The number of rotatable bonds is 4. The van der Waals surface area contributed by atoms with Gasteiger partial charge in [0, 0.05) is 29.7 Å². The van der Waals surface area contributed by atoms with Gasteiger partial charge in [0.1, 0.15) is 11.5 Å². The highest BCUT2D eigenvalue weighted by Gasteiger charge is 2.11. The van der Waals surface area contributed by atoms with Gasteiger partial charge in [0.05, 0.1) is 17.6 Å². The van der Waals surface area contributed by atoms with Gasteiger partial charge in [0.15, 0.2) is 0 Å². The zero-order chi connectivity index (χ0) is 16.4. The standard InChI is InChI=1S/C18H13N5O/c24-12-22-17-10-21-16-7-6-13(11-23(16)17)14-4-3-9-20-18(14)15-5-1-2-8-19-15/h1-12H,(H,22,24). The van der Waals surface area contributed by atoms with Gasteiger partial charge in [-0.15, -0.1) is 0 Å². The van der Waals surface area contributed by atoms with E-state index in [4.69, 9.17) is 0 Å². The Morgan fingerprint density at radius 1 is 0.958 bits per heavy atom. The Labute approximate surface area is 137 Å². The summed E-state index contributed by atoms with van der Waals surface area (Å²) in [4.78, 5) is 23.9. The van der Waals surface area contributed by atoms with Gasteiger partial charge in [-0.1, -0.05) is 12.1 Å². The second kappa shape index (κ2) is 5.92. The lowest BCUT2D eigenvalue weighted by atomic mass is 10.0. The molecule has 0 atom stereocenters. The van der Waals surface area contributed by atoms with Gasteiger partial charge in [-0.05, 0) is 30.3 Å². The fourth-order valence-corrected chi connectivity index (χ4v) is 2.65. The van der Waals surface area contributed by atoms with Crippen LogP contribution in [0.1, 0.15) is 0 Å². The molecule has 0 spiro atoms. The third-order valence-corrected chi connectivity index (χ3v) is 3.74. The van der Waals surface area contributed by atoms with Crippen LogP contribution in [0.2, 0.25) is 0 Å². The molecule has 4 rings (SSSR count). The first kappa shape index (κ1) is 14.1. The Bertz CT molecular complexity index is 1010. The van der Waals surface area contributed by atoms with Gasteiger partial charge >= 0.3 is 0 Å². The number of fused-ring (bicyclic) bond motifs is 1. The van der Waals surface area contributed by atoms with Crippen LogP contribution in [0.15, 0.2) is 67.3 Å². The van der Waals surface area contributed by atoms with Crippen LogP contribution in [0.4, 0.5) is 5.82 Å². The van der Waals surface area contributed by atoms with Crippen molar-refractivity contribution in [1.29, 1.82) is 0 Å². The minimum Gasteiger partial charge on any atom is -0.313 e. The molecule has 0 fully saturated rings. The number of anilines is 1. The fraction of sp³-hybridized carbons (Fsp3) is 0. The van der Waals surface area contributed by atoms with Gasteiger partial charge in [0.2, 0.25) is 6.41 Å². The number of aromatic nitrogens is 4. The summed E-state index contributed by atoms with van der Waals surface area (Å²) in [6.45, 7) is 0. The second-order valence-corrected chi connectivity index (χ2v) is 5.17. The molecule has 0 radical (unpaired) electrons. The molecule has 4 aromatic heterocycles. The molecule has 4 heterocycles. The predicted molar refractivity (Wildman–Crippen MR) is 91.3 cm³/mol. The van der Waals surface area contributed by atoms with Crippen molar-refractivity contribution in [3.8, 4) is 22.5 Å². The van der Waals surface area contributed by atoms with E-state index in [-0.39, 0.29) is 0 Å². The summed E-state index contributed by atoms with van der Waals surface area (Å²) in [7, 11) is 0. The van der Waals surface area contributed by atoms with Crippen LogP contribution in [0.25, 0.3) is 28.2 Å². The van der Waals surface area contributed by atoms with Crippen molar-refractivity contribution in [2.45, 2.75) is 0 Å². The Morgan fingerprint density at radius 3 is 2.71 bits per heavy atom. The maximum atomic E-state index is 10.7. The Morgan fingerprint density at radius 2 is 1.88 bits per heavy atom. The van der Waals surface area contributed by atoms with Crippen LogP contribution >= 0.6 is 0 Å². The maximum absolute atomic E-state index is 10.7. The molecule has 6 nitrogen and oxygen atoms in total. The SMILES string of the molecule is O=CNc1cnc2ccc(-c3cccnc3-c3ccccn3)cn12. The number of imidazole rings is 1. The number of carbonyl (C=O) groups excluding carboxylic acids is 1. The summed E-state index contributed by atoms with van der Waals surface area (Å²) < 4.78 is 1.83. The van der Waals surface area contributed by atoms with Crippen molar-refractivity contribution < 1.29 is 4.79 Å². The van der Waals surface area contributed by atoms with E-state index in [0.29, 0.717) is 12.2 Å².